The van der Waals surface area contributed by atoms with E-state index in [1.807, 2.05) is 0 Å². The molecule has 0 aliphatic heterocycles. The molecule has 6 N–H and O–H groups in total. The smallest absolute Gasteiger partial charge is 0.347 e. The molecule has 0 bridgehead atoms. The number of nitrogens with zero attached hydrogens (tertiary/aromatic N) is 1. The summed E-state index contributed by atoms with van der Waals surface area (Å²) in [7, 11) is -4.33. The van der Waals surface area contributed by atoms with Crippen LogP contribution in [0.15, 0.2) is 12.5 Å². The summed E-state index contributed by atoms with van der Waals surface area (Å²) in [5, 5.41) is 2.17. The molecular formula is C8H15N4O4P. The number of amides is 1. The molecule has 0 aromatic carbocycles. The highest BCUT2D eigenvalue weighted by molar-refractivity contribution is 7.52. The molecule has 1 aromatic heterocycles. The normalized spacial score (nSPS) is 15.3. The van der Waals surface area contributed by atoms with Crippen LogP contribution in [-0.2, 0) is 15.8 Å². The second-order valence-electron chi connectivity index (χ2n) is 3.66. The monoisotopic (exact) mass is 262 g/mol. The number of hydrogen-bond acceptors (Lipinski definition) is 4. The predicted octanol–water partition coefficient (Wildman–Crippen LogP) is -1.08. The molecule has 9 heteroatoms. The van der Waals surface area contributed by atoms with Crippen LogP contribution in [0.1, 0.15) is 12.6 Å². The highest BCUT2D eigenvalue weighted by Crippen LogP contribution is 2.38. The van der Waals surface area contributed by atoms with Crippen LogP contribution in [0.5, 0.6) is 0 Å². The predicted molar refractivity (Wildman–Crippen MR) is 59.9 cm³/mol. The number of rotatable bonds is 5. The van der Waals surface area contributed by atoms with Crippen molar-refractivity contribution in [2.45, 2.75) is 25.2 Å². The maximum atomic E-state index is 11.5. The van der Waals surface area contributed by atoms with Gasteiger partial charge in [-0.3, -0.25) is 9.36 Å². The number of carbonyl (C=O) groups is 1. The molecule has 17 heavy (non-hydrogen) atoms. The molecule has 1 rings (SSSR count). The summed E-state index contributed by atoms with van der Waals surface area (Å²) < 4.78 is 10.8. The van der Waals surface area contributed by atoms with E-state index in [1.54, 1.807) is 0 Å². The molecule has 0 fully saturated rings. The minimum atomic E-state index is -4.33. The van der Waals surface area contributed by atoms with E-state index < -0.39 is 25.3 Å². The van der Waals surface area contributed by atoms with Crippen LogP contribution in [-0.4, -0.2) is 37.5 Å². The van der Waals surface area contributed by atoms with E-state index in [-0.39, 0.29) is 6.42 Å². The van der Waals surface area contributed by atoms with E-state index in [2.05, 4.69) is 15.3 Å². The molecule has 0 saturated carbocycles. The van der Waals surface area contributed by atoms with Gasteiger partial charge in [0.25, 0.3) is 0 Å². The summed E-state index contributed by atoms with van der Waals surface area (Å²) in [5.74, 6) is -1.86. The van der Waals surface area contributed by atoms with Gasteiger partial charge in [0, 0.05) is 18.3 Å². The van der Waals surface area contributed by atoms with Gasteiger partial charge in [0.15, 0.2) is 0 Å². The Morgan fingerprint density at radius 1 is 1.71 bits per heavy atom. The van der Waals surface area contributed by atoms with Crippen molar-refractivity contribution in [3.05, 3.63) is 18.2 Å². The molecule has 1 aromatic rings. The van der Waals surface area contributed by atoms with Crippen LogP contribution >= 0.6 is 7.60 Å². The second-order valence-corrected chi connectivity index (χ2v) is 5.61. The summed E-state index contributed by atoms with van der Waals surface area (Å²) in [6, 6.07) is -0.885. The number of aromatic nitrogens is 2. The fourth-order valence-corrected chi connectivity index (χ4v) is 1.42. The summed E-state index contributed by atoms with van der Waals surface area (Å²) in [6.45, 7) is 1.22. The van der Waals surface area contributed by atoms with Crippen molar-refractivity contribution in [3.63, 3.8) is 0 Å². The Balaban J connectivity index is 2.50. The maximum absolute atomic E-state index is 11.5. The lowest BCUT2D eigenvalue weighted by Gasteiger charge is -2.17. The third-order valence-corrected chi connectivity index (χ3v) is 3.33. The molecule has 8 nitrogen and oxygen atoms in total. The average Bonchev–Trinajstić information content (AvgIpc) is 2.68. The van der Waals surface area contributed by atoms with E-state index in [1.165, 1.54) is 19.4 Å². The number of H-pyrrole nitrogens is 1. The summed E-state index contributed by atoms with van der Waals surface area (Å²) >= 11 is 0. The first-order valence-corrected chi connectivity index (χ1v) is 6.57. The zero-order chi connectivity index (χ0) is 13.1. The van der Waals surface area contributed by atoms with Gasteiger partial charge >= 0.3 is 7.60 Å². The molecule has 2 atom stereocenters. The van der Waals surface area contributed by atoms with Gasteiger partial charge < -0.3 is 25.8 Å². The molecule has 0 saturated heterocycles. The number of imidazole rings is 1. The molecular weight excluding hydrogens is 247 g/mol. The van der Waals surface area contributed by atoms with Gasteiger partial charge in [-0.1, -0.05) is 0 Å². The van der Waals surface area contributed by atoms with Gasteiger partial charge in [0.1, 0.15) is 5.78 Å². The summed E-state index contributed by atoms with van der Waals surface area (Å²) in [6.07, 6.45) is 3.21. The maximum Gasteiger partial charge on any atom is 0.347 e. The Hall–Kier alpha value is -1.21. The van der Waals surface area contributed by atoms with Crippen molar-refractivity contribution in [2.24, 2.45) is 5.73 Å². The van der Waals surface area contributed by atoms with E-state index in [0.717, 1.165) is 0 Å². The van der Waals surface area contributed by atoms with Crippen molar-refractivity contribution in [2.75, 3.05) is 0 Å². The standard InChI is InChI=1S/C8H15N4O4P/c1-5(17(14,15)16)12-8(13)7(9)2-6-3-10-4-11-6/h3-5,7H,2,9H2,1H3,(H,10,11)(H,12,13)(H2,14,15,16)/t5-,7+/m1/s1. The van der Waals surface area contributed by atoms with Gasteiger partial charge in [-0.05, 0) is 6.92 Å². The van der Waals surface area contributed by atoms with Crippen LogP contribution in [0.4, 0.5) is 0 Å². The first-order valence-electron chi connectivity index (χ1n) is 4.89. The molecule has 1 heterocycles. The Bertz CT molecular complexity index is 415. The molecule has 0 radical (unpaired) electrons. The minimum Gasteiger partial charge on any atom is -0.348 e. The third kappa shape index (κ3) is 4.27. The fraction of sp³-hybridized carbons (Fsp3) is 0.500. The van der Waals surface area contributed by atoms with E-state index in [0.29, 0.717) is 5.69 Å². The average molecular weight is 262 g/mol. The second kappa shape index (κ2) is 5.42. The zero-order valence-corrected chi connectivity index (χ0v) is 10.1. The van der Waals surface area contributed by atoms with Gasteiger partial charge in [-0.2, -0.15) is 0 Å². The van der Waals surface area contributed by atoms with Crippen LogP contribution in [0, 0.1) is 0 Å². The van der Waals surface area contributed by atoms with Crippen molar-refractivity contribution >= 4 is 13.5 Å². The zero-order valence-electron chi connectivity index (χ0n) is 9.20. The van der Waals surface area contributed by atoms with Crippen molar-refractivity contribution in [1.82, 2.24) is 15.3 Å². The van der Waals surface area contributed by atoms with E-state index in [4.69, 9.17) is 15.5 Å². The van der Waals surface area contributed by atoms with E-state index >= 15 is 0 Å². The number of hydrogen-bond donors (Lipinski definition) is 5. The Labute approximate surface area is 97.8 Å². The van der Waals surface area contributed by atoms with Crippen molar-refractivity contribution in [3.8, 4) is 0 Å². The summed E-state index contributed by atoms with van der Waals surface area (Å²) in [5.41, 5.74) is 6.26. The van der Waals surface area contributed by atoms with E-state index in [9.17, 15) is 9.36 Å². The topological polar surface area (TPSA) is 141 Å². The number of nitrogens with one attached hydrogen (secondary N) is 2. The van der Waals surface area contributed by atoms with Crippen molar-refractivity contribution in [1.29, 1.82) is 0 Å². The van der Waals surface area contributed by atoms with Crippen LogP contribution in [0.2, 0.25) is 0 Å². The van der Waals surface area contributed by atoms with Crippen LogP contribution in [0.3, 0.4) is 0 Å². The lowest BCUT2D eigenvalue weighted by Crippen LogP contribution is -2.45. The quantitative estimate of drug-likeness (QED) is 0.427. The molecule has 96 valence electrons. The molecule has 0 aliphatic carbocycles. The van der Waals surface area contributed by atoms with Crippen LogP contribution < -0.4 is 11.1 Å². The largest absolute Gasteiger partial charge is 0.348 e. The summed E-state index contributed by atoms with van der Waals surface area (Å²) in [4.78, 5) is 35.7. The lowest BCUT2D eigenvalue weighted by molar-refractivity contribution is -0.122. The fourth-order valence-electron chi connectivity index (χ4n) is 1.12. The van der Waals surface area contributed by atoms with Crippen molar-refractivity contribution < 1.29 is 19.1 Å². The number of aromatic amines is 1. The molecule has 0 spiro atoms. The highest BCUT2D eigenvalue weighted by Gasteiger charge is 2.27. The van der Waals surface area contributed by atoms with Gasteiger partial charge in [-0.15, -0.1) is 0 Å². The van der Waals surface area contributed by atoms with Gasteiger partial charge in [0.2, 0.25) is 5.91 Å². The minimum absolute atomic E-state index is 0.222. The molecule has 0 aliphatic rings. The third-order valence-electron chi connectivity index (χ3n) is 2.19. The first kappa shape index (κ1) is 13.9. The first-order chi connectivity index (χ1) is 7.80. The Kier molecular flexibility index (Phi) is 4.41. The van der Waals surface area contributed by atoms with Gasteiger partial charge in [0.05, 0.1) is 12.4 Å². The highest BCUT2D eigenvalue weighted by atomic mass is 31.2. The Morgan fingerprint density at radius 2 is 2.35 bits per heavy atom. The lowest BCUT2D eigenvalue weighted by atomic mass is 10.1. The Morgan fingerprint density at radius 3 is 2.82 bits per heavy atom. The van der Waals surface area contributed by atoms with Crippen LogP contribution in [0.25, 0.3) is 0 Å². The number of carbonyl (C=O) groups excluding carboxylic acids is 1. The molecule has 1 amide bonds. The molecule has 0 unspecified atom stereocenters. The number of nitrogens with two attached hydrogens (primary N) is 1. The van der Waals surface area contributed by atoms with Gasteiger partial charge in [-0.25, -0.2) is 4.98 Å². The SMILES string of the molecule is C[C@H](NC(=O)[C@@H](N)Cc1cnc[nH]1)P(=O)(O)O.